The molecule has 0 N–H and O–H groups in total. The van der Waals surface area contributed by atoms with Gasteiger partial charge in [-0.05, 0) is 92.1 Å². The van der Waals surface area contributed by atoms with Crippen molar-refractivity contribution >= 4 is 59.8 Å². The van der Waals surface area contributed by atoms with Crippen LogP contribution in [0.2, 0.25) is 0 Å². The van der Waals surface area contributed by atoms with Crippen LogP contribution in [0.1, 0.15) is 37.8 Å². The number of halogens is 7. The number of aryl methyl sites for hydroxylation is 2. The topological polar surface area (TPSA) is 0 Å². The van der Waals surface area contributed by atoms with Gasteiger partial charge in [-0.1, -0.05) is 142 Å². The Morgan fingerprint density at radius 2 is 0.776 bits per heavy atom. The van der Waals surface area contributed by atoms with Crippen LogP contribution < -0.4 is 0 Å². The van der Waals surface area contributed by atoms with E-state index in [1.54, 1.807) is 40.8 Å². The highest BCUT2D eigenvalue weighted by Crippen LogP contribution is 2.30. The van der Waals surface area contributed by atoms with Crippen LogP contribution in [-0.4, -0.2) is 0 Å². The first kappa shape index (κ1) is 39.0. The highest BCUT2D eigenvalue weighted by atomic mass is 128. The summed E-state index contributed by atoms with van der Waals surface area (Å²) in [6.45, 7) is 4.33. The fraction of sp³-hybridized carbons (Fsp3) is 0.143. The lowest BCUT2D eigenvalue weighted by Crippen LogP contribution is -1.93. The fourth-order valence-corrected chi connectivity index (χ4v) is 5.88. The molecule has 6 aromatic carbocycles. The maximum absolute atomic E-state index is 14.1. The summed E-state index contributed by atoms with van der Waals surface area (Å²) in [5.41, 5.74) is 8.95. The van der Waals surface area contributed by atoms with Gasteiger partial charge in [-0.3, -0.25) is 0 Å². The molecule has 252 valence electrons. The Morgan fingerprint density at radius 3 is 1.18 bits per heavy atom. The molecule has 0 saturated heterocycles. The molecule has 0 nitrogen and oxygen atoms in total. The Kier molecular flexibility index (Phi) is 15.6. The van der Waals surface area contributed by atoms with Crippen molar-refractivity contribution in [3.63, 3.8) is 0 Å². The first-order valence-corrected chi connectivity index (χ1v) is 23.3. The van der Waals surface area contributed by atoms with Crippen LogP contribution in [-0.2, 0) is 12.8 Å². The lowest BCUT2D eigenvalue weighted by atomic mass is 9.98. The zero-order valence-electron chi connectivity index (χ0n) is 27.1. The van der Waals surface area contributed by atoms with Crippen molar-refractivity contribution in [2.45, 2.75) is 39.5 Å². The van der Waals surface area contributed by atoms with Crippen molar-refractivity contribution in [3.05, 3.63) is 165 Å². The molecule has 0 atom stereocenters. The van der Waals surface area contributed by atoms with Crippen LogP contribution in [0, 0.1) is 26.8 Å². The minimum atomic E-state index is -0.821. The first-order valence-electron chi connectivity index (χ1n) is 15.9. The molecule has 0 aliphatic carbocycles. The van der Waals surface area contributed by atoms with E-state index in [9.17, 15) is 17.6 Å². The molecular formula is C42H35F4I3. The van der Waals surface area contributed by atoms with Gasteiger partial charge < -0.3 is 0 Å². The minimum Gasteiger partial charge on any atom is -0.204 e. The van der Waals surface area contributed by atoms with Gasteiger partial charge in [0.25, 0.3) is 0 Å². The molecule has 0 fully saturated rings. The number of hydrogen-bond acceptors (Lipinski definition) is 0. The maximum Gasteiger partial charge on any atom is 0.172 e. The van der Waals surface area contributed by atoms with Crippen LogP contribution in [0.15, 0.2) is 127 Å². The van der Waals surface area contributed by atoms with Crippen molar-refractivity contribution in [1.82, 2.24) is 0 Å². The molecule has 0 spiro atoms. The molecule has 0 unspecified atom stereocenters. The van der Waals surface area contributed by atoms with E-state index in [0.29, 0.717) is 11.1 Å². The average Bonchev–Trinajstić information content (AvgIpc) is 3.14. The van der Waals surface area contributed by atoms with Gasteiger partial charge in [0, 0.05) is 48.4 Å². The highest BCUT2D eigenvalue weighted by molar-refractivity contribution is 15.0. The van der Waals surface area contributed by atoms with Crippen molar-refractivity contribution in [2.75, 3.05) is 0 Å². The predicted molar refractivity (Wildman–Crippen MR) is 223 cm³/mol. The quantitative estimate of drug-likeness (QED) is 0.0810. The Morgan fingerprint density at radius 1 is 0.408 bits per heavy atom. The van der Waals surface area contributed by atoms with Gasteiger partial charge in [0.2, 0.25) is 0 Å². The highest BCUT2D eigenvalue weighted by Gasteiger charge is 2.13. The molecule has 7 heteroatoms. The van der Waals surface area contributed by atoms with E-state index in [1.165, 1.54) is 17.2 Å². The Labute approximate surface area is 323 Å². The summed E-state index contributed by atoms with van der Waals surface area (Å²) in [7, 11) is 0. The standard InChI is InChI=1S/C21H17F2I.C21H18F2.I2/c1-2-3-14-4-6-15(7-5-14)16-8-10-17(11-9-16)18-12-13-19(24)21(23)20(18)22;1-2-4-15-7-9-16(10-8-15)17-11-13-18(14-12-17)19-5-3-6-20(22)21(19)23;1-2/h4-13H,2-3H2,1H3;3,5-14H,2,4H2,1H3;. The molecule has 0 aromatic heterocycles. The molecule has 0 heterocycles. The Hall–Kier alpha value is -2.77. The van der Waals surface area contributed by atoms with E-state index in [-0.39, 0.29) is 14.7 Å². The van der Waals surface area contributed by atoms with Gasteiger partial charge >= 0.3 is 0 Å². The molecule has 0 aliphatic heterocycles. The van der Waals surface area contributed by atoms with Gasteiger partial charge in [-0.25, -0.2) is 17.6 Å². The van der Waals surface area contributed by atoms with Gasteiger partial charge in [-0.15, -0.1) is 0 Å². The molecule has 0 amide bonds. The molecule has 0 aliphatic rings. The molecular weight excluding hydrogens is 961 g/mol. The normalized spacial score (nSPS) is 10.5. The van der Waals surface area contributed by atoms with Crippen molar-refractivity contribution in [1.29, 1.82) is 0 Å². The third-order valence-corrected chi connectivity index (χ3v) is 8.86. The molecule has 6 aromatic rings. The number of benzene rings is 6. The van der Waals surface area contributed by atoms with Crippen molar-refractivity contribution in [3.8, 4) is 44.5 Å². The monoisotopic (exact) mass is 996 g/mol. The molecule has 0 saturated carbocycles. The third-order valence-electron chi connectivity index (χ3n) is 8.03. The lowest BCUT2D eigenvalue weighted by molar-refractivity contribution is 0.506. The second-order valence-electron chi connectivity index (χ2n) is 11.4. The van der Waals surface area contributed by atoms with Crippen molar-refractivity contribution in [2.24, 2.45) is 0 Å². The van der Waals surface area contributed by atoms with Crippen LogP contribution in [0.3, 0.4) is 0 Å². The second kappa shape index (κ2) is 19.6. The Balaban J connectivity index is 0.000000210. The molecule has 49 heavy (non-hydrogen) atoms. The van der Waals surface area contributed by atoms with Gasteiger partial charge in [0.15, 0.2) is 23.3 Å². The molecule has 0 bridgehead atoms. The summed E-state index contributed by atoms with van der Waals surface area (Å²) in [5, 5.41) is 0. The number of rotatable bonds is 8. The fourth-order valence-electron chi connectivity index (χ4n) is 5.47. The lowest BCUT2D eigenvalue weighted by Gasteiger charge is -2.08. The zero-order valence-corrected chi connectivity index (χ0v) is 33.6. The van der Waals surface area contributed by atoms with E-state index in [2.05, 4.69) is 99.6 Å². The molecule has 0 radical (unpaired) electrons. The summed E-state index contributed by atoms with van der Waals surface area (Å²) in [6, 6.07) is 39.5. The summed E-state index contributed by atoms with van der Waals surface area (Å²) in [4.78, 5) is 0. The van der Waals surface area contributed by atoms with Gasteiger partial charge in [0.05, 0.1) is 3.57 Å². The minimum absolute atomic E-state index is 0.287. The van der Waals surface area contributed by atoms with E-state index in [0.717, 1.165) is 54.0 Å². The summed E-state index contributed by atoms with van der Waals surface area (Å²) < 4.78 is 55.3. The summed E-state index contributed by atoms with van der Waals surface area (Å²) in [5.74, 6) is -3.20. The largest absolute Gasteiger partial charge is 0.204 e. The first-order chi connectivity index (χ1) is 23.8. The summed E-state index contributed by atoms with van der Waals surface area (Å²) in [6.07, 6.45) is 4.42. The second-order valence-corrected chi connectivity index (χ2v) is 12.5. The SMILES string of the molecule is CCCc1ccc(-c2ccc(-c3ccc(I)c(F)c3F)cc2)cc1.CCCc1ccc(-c2ccc(-c3cccc(F)c3F)cc2)cc1.II. The van der Waals surface area contributed by atoms with Crippen molar-refractivity contribution < 1.29 is 17.6 Å². The van der Waals surface area contributed by atoms with Crippen LogP contribution in [0.5, 0.6) is 0 Å². The smallest absolute Gasteiger partial charge is 0.172 e. The third kappa shape index (κ3) is 10.4. The average molecular weight is 996 g/mol. The van der Waals surface area contributed by atoms with E-state index >= 15 is 0 Å². The molecule has 6 rings (SSSR count). The van der Waals surface area contributed by atoms with Crippen LogP contribution >= 0.6 is 59.8 Å². The van der Waals surface area contributed by atoms with Crippen LogP contribution in [0.4, 0.5) is 17.6 Å². The summed E-state index contributed by atoms with van der Waals surface area (Å²) >= 11 is 6.03. The predicted octanol–water partition coefficient (Wildman–Crippen LogP) is 14.9. The van der Waals surface area contributed by atoms with Crippen LogP contribution in [0.25, 0.3) is 44.5 Å². The Bertz CT molecular complexity index is 1920. The van der Waals surface area contributed by atoms with E-state index in [1.807, 2.05) is 48.5 Å². The number of hydrogen-bond donors (Lipinski definition) is 0. The van der Waals surface area contributed by atoms with E-state index < -0.39 is 23.3 Å². The zero-order chi connectivity index (χ0) is 35.3. The maximum atomic E-state index is 14.1. The van der Waals surface area contributed by atoms with Gasteiger partial charge in [-0.2, -0.15) is 0 Å². The van der Waals surface area contributed by atoms with E-state index in [4.69, 9.17) is 0 Å². The van der Waals surface area contributed by atoms with Gasteiger partial charge in [0.1, 0.15) is 0 Å².